The molecule has 1 aromatic rings. The third kappa shape index (κ3) is 3.22. The Bertz CT molecular complexity index is 533. The Morgan fingerprint density at radius 2 is 2.20 bits per heavy atom. The molecule has 5 nitrogen and oxygen atoms in total. The van der Waals surface area contributed by atoms with Crippen LogP contribution < -0.4 is 5.32 Å². The van der Waals surface area contributed by atoms with Gasteiger partial charge >= 0.3 is 12.0 Å². The maximum absolute atomic E-state index is 12.2. The Hall–Kier alpha value is -1.75. The van der Waals surface area contributed by atoms with Crippen molar-refractivity contribution in [1.82, 2.24) is 4.90 Å². The van der Waals surface area contributed by atoms with Gasteiger partial charge in [-0.25, -0.2) is 4.79 Å². The van der Waals surface area contributed by atoms with Gasteiger partial charge in [0.25, 0.3) is 0 Å². The molecule has 2 rings (SSSR count). The molecule has 1 heterocycles. The summed E-state index contributed by atoms with van der Waals surface area (Å²) in [4.78, 5) is 24.7. The molecule has 0 bridgehead atoms. The van der Waals surface area contributed by atoms with E-state index in [2.05, 4.69) is 5.32 Å². The maximum atomic E-state index is 12.2. The number of rotatable bonds is 2. The van der Waals surface area contributed by atoms with Gasteiger partial charge in [0.15, 0.2) is 0 Å². The van der Waals surface area contributed by atoms with Gasteiger partial charge in [-0.15, -0.1) is 0 Å². The topological polar surface area (TPSA) is 69.6 Å². The highest BCUT2D eigenvalue weighted by molar-refractivity contribution is 6.31. The van der Waals surface area contributed by atoms with Crippen molar-refractivity contribution in [2.24, 2.45) is 5.92 Å². The van der Waals surface area contributed by atoms with Gasteiger partial charge in [-0.3, -0.25) is 4.79 Å². The second-order valence-electron chi connectivity index (χ2n) is 4.97. The van der Waals surface area contributed by atoms with Crippen LogP contribution in [0, 0.1) is 12.8 Å². The van der Waals surface area contributed by atoms with E-state index in [1.54, 1.807) is 23.1 Å². The van der Waals surface area contributed by atoms with Gasteiger partial charge in [0.1, 0.15) is 0 Å². The Kier molecular flexibility index (Phi) is 4.49. The second-order valence-corrected chi connectivity index (χ2v) is 5.37. The van der Waals surface area contributed by atoms with E-state index in [4.69, 9.17) is 16.7 Å². The molecule has 1 fully saturated rings. The summed E-state index contributed by atoms with van der Waals surface area (Å²) in [5.74, 6) is -1.32. The number of carboxylic acid groups (broad SMARTS) is 1. The molecule has 1 saturated heterocycles. The lowest BCUT2D eigenvalue weighted by molar-refractivity contribution is -0.143. The lowest BCUT2D eigenvalue weighted by Crippen LogP contribution is -2.44. The smallest absolute Gasteiger partial charge is 0.321 e. The summed E-state index contributed by atoms with van der Waals surface area (Å²) >= 11 is 6.01. The fourth-order valence-electron chi connectivity index (χ4n) is 2.30. The number of nitrogens with zero attached hydrogens (tertiary/aromatic N) is 1. The molecule has 0 aliphatic carbocycles. The molecular formula is C14H17ClN2O3. The van der Waals surface area contributed by atoms with E-state index in [9.17, 15) is 9.59 Å². The van der Waals surface area contributed by atoms with Crippen molar-refractivity contribution in [2.45, 2.75) is 19.8 Å². The molecule has 1 aliphatic rings. The summed E-state index contributed by atoms with van der Waals surface area (Å²) in [6.45, 7) is 2.66. The van der Waals surface area contributed by atoms with Crippen molar-refractivity contribution in [3.8, 4) is 0 Å². The van der Waals surface area contributed by atoms with Crippen molar-refractivity contribution in [3.63, 3.8) is 0 Å². The molecule has 0 saturated carbocycles. The number of urea groups is 1. The Balaban J connectivity index is 2.04. The number of carbonyl (C=O) groups is 2. The highest BCUT2D eigenvalue weighted by Gasteiger charge is 2.28. The third-order valence-electron chi connectivity index (χ3n) is 3.57. The predicted octanol–water partition coefficient (Wildman–Crippen LogP) is 2.98. The highest BCUT2D eigenvalue weighted by atomic mass is 35.5. The number of aliphatic carboxylic acids is 1. The number of hydrogen-bond acceptors (Lipinski definition) is 2. The summed E-state index contributed by atoms with van der Waals surface area (Å²) in [6.07, 6.45) is 1.33. The first-order valence-corrected chi connectivity index (χ1v) is 6.90. The Labute approximate surface area is 122 Å². The van der Waals surface area contributed by atoms with E-state index >= 15 is 0 Å². The zero-order valence-electron chi connectivity index (χ0n) is 11.2. The van der Waals surface area contributed by atoms with E-state index in [1.807, 2.05) is 6.92 Å². The number of nitrogens with one attached hydrogen (secondary N) is 1. The van der Waals surface area contributed by atoms with Gasteiger partial charge < -0.3 is 15.3 Å². The summed E-state index contributed by atoms with van der Waals surface area (Å²) in [5, 5.41) is 12.4. The summed E-state index contributed by atoms with van der Waals surface area (Å²) < 4.78 is 0. The molecule has 108 valence electrons. The average Bonchev–Trinajstić information content (AvgIpc) is 2.44. The summed E-state index contributed by atoms with van der Waals surface area (Å²) in [5.41, 5.74) is 1.45. The third-order valence-corrected chi connectivity index (χ3v) is 3.98. The molecule has 20 heavy (non-hydrogen) atoms. The summed E-state index contributed by atoms with van der Waals surface area (Å²) in [7, 11) is 0. The lowest BCUT2D eigenvalue weighted by Gasteiger charge is -2.30. The molecule has 1 aromatic carbocycles. The second kappa shape index (κ2) is 6.13. The van der Waals surface area contributed by atoms with E-state index in [-0.39, 0.29) is 12.6 Å². The first-order valence-electron chi connectivity index (χ1n) is 6.53. The highest BCUT2D eigenvalue weighted by Crippen LogP contribution is 2.24. The number of piperidine rings is 1. The average molecular weight is 297 g/mol. The van der Waals surface area contributed by atoms with Crippen LogP contribution in [-0.4, -0.2) is 35.1 Å². The van der Waals surface area contributed by atoms with E-state index < -0.39 is 11.9 Å². The fourth-order valence-corrected chi connectivity index (χ4v) is 2.47. The summed E-state index contributed by atoms with van der Waals surface area (Å²) in [6, 6.07) is 5.02. The van der Waals surface area contributed by atoms with Crippen LogP contribution >= 0.6 is 11.6 Å². The monoisotopic (exact) mass is 296 g/mol. The number of anilines is 1. The number of carboxylic acids is 1. The van der Waals surface area contributed by atoms with Gasteiger partial charge in [0, 0.05) is 23.8 Å². The number of amides is 2. The SMILES string of the molecule is Cc1c(Cl)cccc1NC(=O)N1CCC[C@@H](C(=O)O)C1. The van der Waals surface area contributed by atoms with Crippen LogP contribution in [0.25, 0.3) is 0 Å². The number of hydrogen-bond donors (Lipinski definition) is 2. The Morgan fingerprint density at radius 1 is 1.45 bits per heavy atom. The normalized spacial score (nSPS) is 18.7. The number of likely N-dealkylation sites (tertiary alicyclic amines) is 1. The van der Waals surface area contributed by atoms with Crippen LogP contribution in [0.4, 0.5) is 10.5 Å². The van der Waals surface area contributed by atoms with Gasteiger partial charge in [0.05, 0.1) is 5.92 Å². The van der Waals surface area contributed by atoms with Gasteiger partial charge in [0.2, 0.25) is 0 Å². The standard InChI is InChI=1S/C14H17ClN2O3/c1-9-11(15)5-2-6-12(9)16-14(20)17-7-3-4-10(8-17)13(18)19/h2,5-6,10H,3-4,7-8H2,1H3,(H,16,20)(H,18,19)/t10-/m1/s1. The van der Waals surface area contributed by atoms with Crippen LogP contribution in [0.5, 0.6) is 0 Å². The predicted molar refractivity (Wildman–Crippen MR) is 77.1 cm³/mol. The lowest BCUT2D eigenvalue weighted by atomic mass is 9.99. The number of benzene rings is 1. The van der Waals surface area contributed by atoms with E-state index in [1.165, 1.54) is 0 Å². The quantitative estimate of drug-likeness (QED) is 0.881. The molecule has 2 N–H and O–H groups in total. The molecule has 0 spiro atoms. The largest absolute Gasteiger partial charge is 0.481 e. The minimum absolute atomic E-state index is 0.251. The van der Waals surface area contributed by atoms with Crippen LogP contribution in [0.3, 0.4) is 0 Å². The van der Waals surface area contributed by atoms with E-state index in [0.717, 1.165) is 5.56 Å². The maximum Gasteiger partial charge on any atom is 0.321 e. The first-order chi connectivity index (χ1) is 9.49. The molecule has 1 aliphatic heterocycles. The van der Waals surface area contributed by atoms with Crippen LogP contribution in [0.1, 0.15) is 18.4 Å². The number of halogens is 1. The van der Waals surface area contributed by atoms with Gasteiger partial charge in [-0.2, -0.15) is 0 Å². The molecule has 6 heteroatoms. The first kappa shape index (κ1) is 14.7. The van der Waals surface area contributed by atoms with Crippen LogP contribution in [0.2, 0.25) is 5.02 Å². The van der Waals surface area contributed by atoms with Crippen molar-refractivity contribution in [3.05, 3.63) is 28.8 Å². The van der Waals surface area contributed by atoms with Crippen molar-refractivity contribution < 1.29 is 14.7 Å². The molecule has 1 atom stereocenters. The minimum Gasteiger partial charge on any atom is -0.481 e. The van der Waals surface area contributed by atoms with Crippen LogP contribution in [-0.2, 0) is 4.79 Å². The van der Waals surface area contributed by atoms with Gasteiger partial charge in [-0.1, -0.05) is 17.7 Å². The zero-order valence-corrected chi connectivity index (χ0v) is 12.0. The van der Waals surface area contributed by atoms with Crippen LogP contribution in [0.15, 0.2) is 18.2 Å². The Morgan fingerprint density at radius 3 is 2.90 bits per heavy atom. The van der Waals surface area contributed by atoms with Crippen molar-refractivity contribution in [1.29, 1.82) is 0 Å². The molecule has 0 aromatic heterocycles. The molecular weight excluding hydrogens is 280 g/mol. The fraction of sp³-hybridized carbons (Fsp3) is 0.429. The van der Waals surface area contributed by atoms with Crippen molar-refractivity contribution in [2.75, 3.05) is 18.4 Å². The van der Waals surface area contributed by atoms with Gasteiger partial charge in [-0.05, 0) is 37.5 Å². The molecule has 2 amide bonds. The van der Waals surface area contributed by atoms with E-state index in [0.29, 0.717) is 30.1 Å². The molecule has 0 radical (unpaired) electrons. The van der Waals surface area contributed by atoms with Crippen molar-refractivity contribution >= 4 is 29.3 Å². The molecule has 0 unspecified atom stereocenters. The minimum atomic E-state index is -0.846. The number of carbonyl (C=O) groups excluding carboxylic acids is 1. The zero-order chi connectivity index (χ0) is 14.7.